The lowest BCUT2D eigenvalue weighted by atomic mass is 10.3. The fourth-order valence-corrected chi connectivity index (χ4v) is 1.59. The maximum Gasteiger partial charge on any atom is 0.401 e. The second kappa shape index (κ2) is 11.7. The van der Waals surface area contributed by atoms with E-state index in [1.54, 1.807) is 6.92 Å². The molecule has 21 heavy (non-hydrogen) atoms. The number of rotatable bonds is 8. The summed E-state index contributed by atoms with van der Waals surface area (Å²) in [7, 11) is 0.0524. The van der Waals surface area contributed by atoms with E-state index in [1.807, 2.05) is 0 Å². The molecule has 0 bridgehead atoms. The standard InChI is InChI=1S/C9H17NO5S.C4H11N/c1-5-8(10-9(11)7(3)4)15-16(12,13)14-6-2;1-4-5(2)3/h8H,3,5-6H2,1-2,4H3,(H,10,11);4H2,1-3H3. The summed E-state index contributed by atoms with van der Waals surface area (Å²) in [5.41, 5.74) is 0.274. The van der Waals surface area contributed by atoms with Crippen molar-refractivity contribution in [1.29, 1.82) is 0 Å². The highest BCUT2D eigenvalue weighted by Gasteiger charge is 2.20. The second-order valence-corrected chi connectivity index (χ2v) is 5.70. The summed E-state index contributed by atoms with van der Waals surface area (Å²) >= 11 is 0. The van der Waals surface area contributed by atoms with Crippen LogP contribution in [0.15, 0.2) is 12.2 Å². The highest BCUT2D eigenvalue weighted by atomic mass is 32.3. The average molecular weight is 324 g/mol. The second-order valence-electron chi connectivity index (χ2n) is 4.46. The first-order chi connectivity index (χ1) is 9.59. The van der Waals surface area contributed by atoms with Gasteiger partial charge in [0.15, 0.2) is 6.23 Å². The van der Waals surface area contributed by atoms with Gasteiger partial charge >= 0.3 is 10.4 Å². The Labute approximate surface area is 128 Å². The summed E-state index contributed by atoms with van der Waals surface area (Å²) in [5.74, 6) is -0.460. The molecule has 0 saturated carbocycles. The zero-order valence-corrected chi connectivity index (χ0v) is 14.6. The van der Waals surface area contributed by atoms with Crippen molar-refractivity contribution in [3.63, 3.8) is 0 Å². The number of carbonyl (C=O) groups excluding carboxylic acids is 1. The van der Waals surface area contributed by atoms with Crippen molar-refractivity contribution in [2.75, 3.05) is 27.2 Å². The Hall–Kier alpha value is -0.960. The highest BCUT2D eigenvalue weighted by molar-refractivity contribution is 7.81. The number of nitrogens with zero attached hydrogens (tertiary/aromatic N) is 1. The fourth-order valence-electron chi connectivity index (χ4n) is 0.778. The van der Waals surface area contributed by atoms with Gasteiger partial charge in [0.25, 0.3) is 0 Å². The molecule has 0 radical (unpaired) electrons. The summed E-state index contributed by atoms with van der Waals surface area (Å²) in [5, 5.41) is 2.36. The van der Waals surface area contributed by atoms with Gasteiger partial charge in [0, 0.05) is 5.57 Å². The quantitative estimate of drug-likeness (QED) is 0.535. The van der Waals surface area contributed by atoms with Gasteiger partial charge in [0.05, 0.1) is 6.61 Å². The molecule has 0 spiro atoms. The molecule has 0 saturated heterocycles. The van der Waals surface area contributed by atoms with Crippen molar-refractivity contribution in [2.24, 2.45) is 0 Å². The summed E-state index contributed by atoms with van der Waals surface area (Å²) < 4.78 is 31.3. The molecule has 0 rings (SSSR count). The summed E-state index contributed by atoms with van der Waals surface area (Å²) in [6.07, 6.45) is -0.647. The van der Waals surface area contributed by atoms with Crippen LogP contribution in [0, 0.1) is 0 Å². The van der Waals surface area contributed by atoms with Gasteiger partial charge in [0.2, 0.25) is 5.91 Å². The van der Waals surface area contributed by atoms with Crippen LogP contribution < -0.4 is 5.32 Å². The van der Waals surface area contributed by atoms with Gasteiger partial charge in [-0.1, -0.05) is 20.4 Å². The van der Waals surface area contributed by atoms with Crippen molar-refractivity contribution in [2.45, 2.75) is 40.3 Å². The zero-order valence-electron chi connectivity index (χ0n) is 13.8. The third-order valence-electron chi connectivity index (χ3n) is 2.18. The van der Waals surface area contributed by atoms with Crippen LogP contribution >= 0.6 is 0 Å². The molecule has 1 unspecified atom stereocenters. The molecule has 0 aliphatic heterocycles. The zero-order chi connectivity index (χ0) is 17.1. The van der Waals surface area contributed by atoms with Crippen LogP contribution in [-0.4, -0.2) is 52.7 Å². The average Bonchev–Trinajstić information content (AvgIpc) is 2.37. The van der Waals surface area contributed by atoms with Crippen molar-refractivity contribution < 1.29 is 21.6 Å². The number of hydrogen-bond donors (Lipinski definition) is 1. The van der Waals surface area contributed by atoms with Crippen LogP contribution in [0.3, 0.4) is 0 Å². The fraction of sp³-hybridized carbons (Fsp3) is 0.769. The molecule has 0 aromatic rings. The molecule has 0 aliphatic rings. The topological polar surface area (TPSA) is 84.9 Å². The predicted molar refractivity (Wildman–Crippen MR) is 82.9 cm³/mol. The minimum absolute atomic E-state index is 0.0206. The first kappa shape index (κ1) is 22.3. The van der Waals surface area contributed by atoms with Crippen LogP contribution in [0.2, 0.25) is 0 Å². The number of hydrogen-bond acceptors (Lipinski definition) is 6. The third kappa shape index (κ3) is 13.8. The number of nitrogens with one attached hydrogen (secondary N) is 1. The van der Waals surface area contributed by atoms with E-state index in [1.165, 1.54) is 13.8 Å². The normalized spacial score (nSPS) is 12.3. The van der Waals surface area contributed by atoms with Crippen molar-refractivity contribution in [3.8, 4) is 0 Å². The molecule has 8 heteroatoms. The van der Waals surface area contributed by atoms with Crippen molar-refractivity contribution in [1.82, 2.24) is 10.2 Å². The summed E-state index contributed by atoms with van der Waals surface area (Å²) in [4.78, 5) is 13.4. The van der Waals surface area contributed by atoms with E-state index in [0.717, 1.165) is 6.54 Å². The van der Waals surface area contributed by atoms with Crippen molar-refractivity contribution in [3.05, 3.63) is 12.2 Å². The van der Waals surface area contributed by atoms with Crippen LogP contribution in [0.1, 0.15) is 34.1 Å². The molecule has 0 fully saturated rings. The first-order valence-corrected chi connectivity index (χ1v) is 8.11. The molecule has 1 atom stereocenters. The minimum Gasteiger partial charge on any atom is -0.326 e. The molecule has 7 nitrogen and oxygen atoms in total. The lowest BCUT2D eigenvalue weighted by Crippen LogP contribution is -2.38. The van der Waals surface area contributed by atoms with Crippen LogP contribution in [-0.2, 0) is 23.6 Å². The molecule has 1 amide bonds. The SMILES string of the molecule is C=C(C)C(=O)NC(CC)OS(=O)(=O)OCC.CCN(C)C. The molecule has 0 aromatic heterocycles. The van der Waals surface area contributed by atoms with E-state index in [2.05, 4.69) is 46.2 Å². The lowest BCUT2D eigenvalue weighted by Gasteiger charge is -2.16. The molecular formula is C13H28N2O5S. The monoisotopic (exact) mass is 324 g/mol. The Kier molecular flexibility index (Phi) is 12.4. The molecular weight excluding hydrogens is 296 g/mol. The molecule has 1 N–H and O–H groups in total. The summed E-state index contributed by atoms with van der Waals surface area (Å²) in [6, 6.07) is 0. The third-order valence-corrected chi connectivity index (χ3v) is 3.17. The van der Waals surface area contributed by atoms with E-state index in [0.29, 0.717) is 6.42 Å². The van der Waals surface area contributed by atoms with Gasteiger partial charge < -0.3 is 10.2 Å². The Morgan fingerprint density at radius 1 is 1.29 bits per heavy atom. The molecule has 0 aromatic carbocycles. The van der Waals surface area contributed by atoms with Gasteiger partial charge in [0.1, 0.15) is 0 Å². The van der Waals surface area contributed by atoms with Crippen LogP contribution in [0.25, 0.3) is 0 Å². The van der Waals surface area contributed by atoms with Gasteiger partial charge in [-0.2, -0.15) is 8.42 Å². The van der Waals surface area contributed by atoms with Crippen LogP contribution in [0.5, 0.6) is 0 Å². The lowest BCUT2D eigenvalue weighted by molar-refractivity contribution is -0.119. The van der Waals surface area contributed by atoms with E-state index in [-0.39, 0.29) is 12.2 Å². The maximum atomic E-state index is 11.2. The Bertz CT molecular complexity index is 407. The molecule has 0 aliphatic carbocycles. The van der Waals surface area contributed by atoms with E-state index in [9.17, 15) is 13.2 Å². The van der Waals surface area contributed by atoms with Gasteiger partial charge in [-0.3, -0.25) is 4.79 Å². The highest BCUT2D eigenvalue weighted by Crippen LogP contribution is 2.04. The number of carbonyl (C=O) groups is 1. The maximum absolute atomic E-state index is 11.2. The van der Waals surface area contributed by atoms with Crippen LogP contribution in [0.4, 0.5) is 0 Å². The summed E-state index contributed by atoms with van der Waals surface area (Å²) in [6.45, 7) is 11.4. The smallest absolute Gasteiger partial charge is 0.326 e. The largest absolute Gasteiger partial charge is 0.401 e. The van der Waals surface area contributed by atoms with Gasteiger partial charge in [-0.25, -0.2) is 8.37 Å². The van der Waals surface area contributed by atoms with E-state index >= 15 is 0 Å². The first-order valence-electron chi connectivity index (χ1n) is 6.78. The predicted octanol–water partition coefficient (Wildman–Crippen LogP) is 1.28. The number of amides is 1. The Morgan fingerprint density at radius 3 is 2.05 bits per heavy atom. The Morgan fingerprint density at radius 2 is 1.76 bits per heavy atom. The molecule has 0 heterocycles. The Balaban J connectivity index is 0. The van der Waals surface area contributed by atoms with Gasteiger partial charge in [-0.05, 0) is 40.9 Å². The van der Waals surface area contributed by atoms with Crippen molar-refractivity contribution >= 4 is 16.3 Å². The van der Waals surface area contributed by atoms with E-state index < -0.39 is 22.5 Å². The minimum atomic E-state index is -4.06. The van der Waals surface area contributed by atoms with E-state index in [4.69, 9.17) is 0 Å². The molecule has 126 valence electrons. The van der Waals surface area contributed by atoms with Gasteiger partial charge in [-0.15, -0.1) is 0 Å².